The van der Waals surface area contributed by atoms with Gasteiger partial charge in [-0.25, -0.2) is 0 Å². The van der Waals surface area contributed by atoms with E-state index in [1.54, 1.807) is 12.1 Å². The molecular weight excluding hydrogens is 276 g/mol. The molecule has 1 atom stereocenters. The summed E-state index contributed by atoms with van der Waals surface area (Å²) in [6, 6.07) is 12.9. The first-order valence-electron chi connectivity index (χ1n) is 7.31. The van der Waals surface area contributed by atoms with Gasteiger partial charge in [0.2, 0.25) is 0 Å². The van der Waals surface area contributed by atoms with Gasteiger partial charge in [0.15, 0.2) is 0 Å². The molecule has 1 unspecified atom stereocenters. The third kappa shape index (κ3) is 2.88. The number of nitrogens with zero attached hydrogens (tertiary/aromatic N) is 1. The van der Waals surface area contributed by atoms with Gasteiger partial charge in [0.05, 0.1) is 4.92 Å². The molecule has 0 bridgehead atoms. The monoisotopic (exact) mass is 298 g/mol. The van der Waals surface area contributed by atoms with Crippen LogP contribution >= 0.6 is 0 Å². The fourth-order valence-electron chi connectivity index (χ4n) is 2.73. The molecule has 0 amide bonds. The molecule has 22 heavy (non-hydrogen) atoms. The second-order valence-corrected chi connectivity index (χ2v) is 6.30. The number of non-ortho nitro benzene ring substituents is 1. The second-order valence-electron chi connectivity index (χ2n) is 6.30. The van der Waals surface area contributed by atoms with Gasteiger partial charge in [0.1, 0.15) is 0 Å². The van der Waals surface area contributed by atoms with Gasteiger partial charge in [-0.05, 0) is 36.1 Å². The number of nitro benzene ring substituents is 1. The predicted molar refractivity (Wildman–Crippen MR) is 89.0 cm³/mol. The molecule has 0 spiro atoms. The molecule has 2 rings (SSSR count). The van der Waals surface area contributed by atoms with Crippen molar-refractivity contribution in [2.45, 2.75) is 39.2 Å². The molecule has 0 radical (unpaired) electrons. The van der Waals surface area contributed by atoms with E-state index in [1.807, 2.05) is 44.2 Å². The molecule has 2 aromatic rings. The van der Waals surface area contributed by atoms with E-state index >= 15 is 0 Å². The Morgan fingerprint density at radius 1 is 1.14 bits per heavy atom. The Morgan fingerprint density at radius 3 is 2.27 bits per heavy atom. The summed E-state index contributed by atoms with van der Waals surface area (Å²) < 4.78 is 0. The Balaban J connectivity index is 2.53. The zero-order valence-electron chi connectivity index (χ0n) is 13.5. The van der Waals surface area contributed by atoms with Crippen molar-refractivity contribution in [1.29, 1.82) is 0 Å². The molecule has 0 aliphatic rings. The summed E-state index contributed by atoms with van der Waals surface area (Å²) in [5, 5.41) is 11.1. The minimum absolute atomic E-state index is 0.0948. The van der Waals surface area contributed by atoms with E-state index in [-0.39, 0.29) is 22.1 Å². The van der Waals surface area contributed by atoms with Crippen LogP contribution in [0.3, 0.4) is 0 Å². The van der Waals surface area contributed by atoms with E-state index < -0.39 is 0 Å². The van der Waals surface area contributed by atoms with Gasteiger partial charge in [-0.3, -0.25) is 10.1 Å². The van der Waals surface area contributed by atoms with Crippen molar-refractivity contribution in [2.75, 3.05) is 0 Å². The third-order valence-electron chi connectivity index (χ3n) is 4.53. The van der Waals surface area contributed by atoms with Crippen LogP contribution in [-0.2, 0) is 5.41 Å². The Morgan fingerprint density at radius 2 is 1.73 bits per heavy atom. The Kier molecular flexibility index (Phi) is 4.33. The van der Waals surface area contributed by atoms with E-state index in [0.29, 0.717) is 0 Å². The van der Waals surface area contributed by atoms with Crippen LogP contribution in [0.1, 0.15) is 42.1 Å². The summed E-state index contributed by atoms with van der Waals surface area (Å²) in [7, 11) is 0. The highest BCUT2D eigenvalue weighted by atomic mass is 16.6. The Hall–Kier alpha value is -2.20. The molecule has 0 aliphatic carbocycles. The molecule has 0 aromatic heterocycles. The highest BCUT2D eigenvalue weighted by Gasteiger charge is 2.31. The molecule has 2 N–H and O–H groups in total. The molecule has 4 heteroatoms. The van der Waals surface area contributed by atoms with Crippen molar-refractivity contribution >= 4 is 5.69 Å². The third-order valence-corrected chi connectivity index (χ3v) is 4.53. The van der Waals surface area contributed by atoms with E-state index in [1.165, 1.54) is 0 Å². The Labute approximate surface area is 131 Å². The minimum Gasteiger partial charge on any atom is -0.323 e. The van der Waals surface area contributed by atoms with Crippen molar-refractivity contribution in [1.82, 2.24) is 0 Å². The van der Waals surface area contributed by atoms with Crippen LogP contribution in [0.25, 0.3) is 0 Å². The van der Waals surface area contributed by atoms with Crippen molar-refractivity contribution in [3.05, 3.63) is 74.8 Å². The lowest BCUT2D eigenvalue weighted by atomic mass is 9.74. The summed E-state index contributed by atoms with van der Waals surface area (Å²) >= 11 is 0. The van der Waals surface area contributed by atoms with Crippen molar-refractivity contribution in [3.8, 4) is 0 Å². The summed E-state index contributed by atoms with van der Waals surface area (Å²) in [6.07, 6.45) is 0. The van der Waals surface area contributed by atoms with Crippen molar-refractivity contribution < 1.29 is 4.92 Å². The summed E-state index contributed by atoms with van der Waals surface area (Å²) in [5.74, 6) is 0. The summed E-state index contributed by atoms with van der Waals surface area (Å²) in [5.41, 5.74) is 10.1. The first kappa shape index (κ1) is 16.2. The molecule has 0 heterocycles. The number of aryl methyl sites for hydroxylation is 1. The molecule has 116 valence electrons. The zero-order chi connectivity index (χ0) is 16.5. The average Bonchev–Trinajstić information content (AvgIpc) is 2.49. The van der Waals surface area contributed by atoms with Gasteiger partial charge in [-0.1, -0.05) is 44.2 Å². The zero-order valence-corrected chi connectivity index (χ0v) is 13.5. The molecule has 0 saturated heterocycles. The lowest BCUT2D eigenvalue weighted by Gasteiger charge is -2.33. The van der Waals surface area contributed by atoms with E-state index in [9.17, 15) is 10.1 Å². The van der Waals surface area contributed by atoms with Gasteiger partial charge < -0.3 is 5.73 Å². The lowest BCUT2D eigenvalue weighted by Crippen LogP contribution is -2.33. The second kappa shape index (κ2) is 5.89. The Bertz CT molecular complexity index is 694. The van der Waals surface area contributed by atoms with Gasteiger partial charge in [-0.2, -0.15) is 0 Å². The molecular formula is C18H22N2O2. The van der Waals surface area contributed by atoms with Crippen LogP contribution in [0.4, 0.5) is 5.69 Å². The maximum absolute atomic E-state index is 11.1. The van der Waals surface area contributed by atoms with Crippen LogP contribution in [0.5, 0.6) is 0 Å². The topological polar surface area (TPSA) is 69.2 Å². The minimum atomic E-state index is -0.363. The maximum atomic E-state index is 11.1. The summed E-state index contributed by atoms with van der Waals surface area (Å²) in [6.45, 7) is 7.99. The smallest absolute Gasteiger partial charge is 0.270 e. The lowest BCUT2D eigenvalue weighted by molar-refractivity contribution is -0.385. The van der Waals surface area contributed by atoms with Gasteiger partial charge >= 0.3 is 0 Å². The van der Waals surface area contributed by atoms with Crippen LogP contribution in [0.15, 0.2) is 42.5 Å². The van der Waals surface area contributed by atoms with E-state index in [2.05, 4.69) is 13.8 Å². The SMILES string of the molecule is Cc1cc([N+](=O)[O-])cc(C(N)C(C)(C)c2ccccc2)c1C. The van der Waals surface area contributed by atoms with Crippen LogP contribution in [0, 0.1) is 24.0 Å². The quantitative estimate of drug-likeness (QED) is 0.679. The number of hydrogen-bond acceptors (Lipinski definition) is 3. The molecule has 2 aromatic carbocycles. The standard InChI is InChI=1S/C18H22N2O2/c1-12-10-15(20(21)22)11-16(13(12)2)17(19)18(3,4)14-8-6-5-7-9-14/h5-11,17H,19H2,1-4H3. The number of nitro groups is 1. The highest BCUT2D eigenvalue weighted by Crippen LogP contribution is 2.38. The normalized spacial score (nSPS) is 13.0. The average molecular weight is 298 g/mol. The van der Waals surface area contributed by atoms with Gasteiger partial charge in [0.25, 0.3) is 5.69 Å². The predicted octanol–water partition coefficient (Wildman–Crippen LogP) is 4.19. The highest BCUT2D eigenvalue weighted by molar-refractivity contribution is 5.47. The van der Waals surface area contributed by atoms with Crippen LogP contribution in [-0.4, -0.2) is 4.92 Å². The maximum Gasteiger partial charge on any atom is 0.270 e. The molecule has 0 aliphatic heterocycles. The number of benzene rings is 2. The first-order valence-corrected chi connectivity index (χ1v) is 7.31. The summed E-state index contributed by atoms with van der Waals surface area (Å²) in [4.78, 5) is 10.8. The van der Waals surface area contributed by atoms with E-state index in [0.717, 1.165) is 22.3 Å². The first-order chi connectivity index (χ1) is 10.2. The van der Waals surface area contributed by atoms with Crippen molar-refractivity contribution in [3.63, 3.8) is 0 Å². The van der Waals surface area contributed by atoms with Crippen LogP contribution < -0.4 is 5.73 Å². The fourth-order valence-corrected chi connectivity index (χ4v) is 2.73. The number of hydrogen-bond donors (Lipinski definition) is 1. The molecule has 0 fully saturated rings. The largest absolute Gasteiger partial charge is 0.323 e. The fraction of sp³-hybridized carbons (Fsp3) is 0.333. The molecule has 0 saturated carbocycles. The van der Waals surface area contributed by atoms with E-state index in [4.69, 9.17) is 5.73 Å². The number of nitrogens with two attached hydrogens (primary N) is 1. The van der Waals surface area contributed by atoms with Gasteiger partial charge in [-0.15, -0.1) is 0 Å². The number of rotatable bonds is 4. The van der Waals surface area contributed by atoms with Crippen molar-refractivity contribution in [2.24, 2.45) is 5.73 Å². The van der Waals surface area contributed by atoms with Crippen LogP contribution in [0.2, 0.25) is 0 Å². The molecule has 4 nitrogen and oxygen atoms in total. The van der Waals surface area contributed by atoms with Gasteiger partial charge in [0, 0.05) is 23.6 Å².